The number of hydrogen-bond donors (Lipinski definition) is 2. The molecule has 0 aliphatic heterocycles. The van der Waals surface area contributed by atoms with Crippen LogP contribution in [0.3, 0.4) is 0 Å². The molecule has 0 bridgehead atoms. The molecule has 2 fully saturated rings. The Labute approximate surface area is 346 Å². The Balaban J connectivity index is 1.23. The maximum absolute atomic E-state index is 13.3. The highest BCUT2D eigenvalue weighted by atomic mass is 16.6. The molecule has 0 radical (unpaired) electrons. The lowest BCUT2D eigenvalue weighted by atomic mass is 9.78. The number of hydrogen-bond acceptors (Lipinski definition) is 8. The van der Waals surface area contributed by atoms with Gasteiger partial charge >= 0.3 is 23.9 Å². The Kier molecular flexibility index (Phi) is 18.9. The van der Waals surface area contributed by atoms with Crippen LogP contribution in [0.4, 0.5) is 0 Å². The highest BCUT2D eigenvalue weighted by Crippen LogP contribution is 2.36. The molecule has 2 aliphatic carbocycles. The molecule has 0 amide bonds. The Bertz CT molecular complexity index is 1440. The van der Waals surface area contributed by atoms with Crippen LogP contribution in [0, 0.1) is 23.7 Å². The van der Waals surface area contributed by atoms with Crippen LogP contribution in [0.5, 0.6) is 11.5 Å². The fraction of sp³-hybridized carbons (Fsp3) is 0.667. The van der Waals surface area contributed by atoms with Crippen LogP contribution in [-0.2, 0) is 19.1 Å². The van der Waals surface area contributed by atoms with Crippen molar-refractivity contribution in [1.82, 2.24) is 0 Å². The third-order valence-corrected chi connectivity index (χ3v) is 12.9. The van der Waals surface area contributed by atoms with Gasteiger partial charge in [-0.3, -0.25) is 0 Å². The molecule has 0 heterocycles. The average Bonchev–Trinajstić information content (AvgIpc) is 3.22. The highest BCUT2D eigenvalue weighted by molar-refractivity contribution is 5.99. The van der Waals surface area contributed by atoms with Crippen molar-refractivity contribution in [3.63, 3.8) is 0 Å². The highest BCUT2D eigenvalue weighted by Gasteiger charge is 2.62. The molecule has 322 valence electrons. The fourth-order valence-electron chi connectivity index (χ4n) is 8.66. The van der Waals surface area contributed by atoms with Gasteiger partial charge in [-0.25, -0.2) is 19.2 Å². The summed E-state index contributed by atoms with van der Waals surface area (Å²) in [5.41, 5.74) is -5.63. The van der Waals surface area contributed by atoms with Gasteiger partial charge in [-0.1, -0.05) is 117 Å². The van der Waals surface area contributed by atoms with Gasteiger partial charge in [0.05, 0.1) is 24.3 Å². The number of rotatable bonds is 25. The zero-order valence-corrected chi connectivity index (χ0v) is 35.6. The maximum Gasteiger partial charge on any atom is 0.352 e. The van der Waals surface area contributed by atoms with E-state index in [1.165, 1.54) is 127 Å². The molecule has 0 spiro atoms. The number of carboxylic acid groups (broad SMARTS) is 2. The van der Waals surface area contributed by atoms with E-state index in [2.05, 4.69) is 13.8 Å². The SMILES string of the molecule is CCCCCC1CCC(CCCOc2ccc(C(=O)O[C@@](C)(C(=O)O)[C@@](C)(OC(=O)c3ccc(OCCCC4CCC(CCCCC)CC4)cc3)C(=O)O)cc2)CC1. The number of esters is 2. The van der Waals surface area contributed by atoms with E-state index in [0.717, 1.165) is 63.2 Å². The van der Waals surface area contributed by atoms with Crippen molar-refractivity contribution in [1.29, 1.82) is 0 Å². The van der Waals surface area contributed by atoms with Crippen molar-refractivity contribution >= 4 is 23.9 Å². The summed E-state index contributed by atoms with van der Waals surface area (Å²) in [6, 6.07) is 12.0. The molecule has 2 atom stereocenters. The van der Waals surface area contributed by atoms with Crippen molar-refractivity contribution in [3.05, 3.63) is 59.7 Å². The second kappa shape index (κ2) is 23.5. The number of carboxylic acids is 2. The van der Waals surface area contributed by atoms with Crippen molar-refractivity contribution in [3.8, 4) is 11.5 Å². The van der Waals surface area contributed by atoms with E-state index in [1.54, 1.807) is 24.3 Å². The minimum atomic E-state index is -2.80. The Morgan fingerprint density at radius 1 is 0.500 bits per heavy atom. The third kappa shape index (κ3) is 13.8. The molecule has 4 rings (SSSR count). The number of ether oxygens (including phenoxy) is 4. The topological polar surface area (TPSA) is 146 Å². The first kappa shape index (κ1) is 46.6. The van der Waals surface area contributed by atoms with E-state index in [4.69, 9.17) is 18.9 Å². The summed E-state index contributed by atoms with van der Waals surface area (Å²) >= 11 is 0. The minimum Gasteiger partial charge on any atom is -0.494 e. The number of aliphatic carboxylic acids is 2. The normalized spacial score (nSPS) is 21.5. The molecule has 2 aromatic rings. The number of carbonyl (C=O) groups is 4. The predicted molar refractivity (Wildman–Crippen MR) is 224 cm³/mol. The lowest BCUT2D eigenvalue weighted by molar-refractivity contribution is -0.200. The zero-order chi connectivity index (χ0) is 42.0. The van der Waals surface area contributed by atoms with Gasteiger partial charge in [-0.2, -0.15) is 0 Å². The second-order valence-corrected chi connectivity index (χ2v) is 17.3. The van der Waals surface area contributed by atoms with E-state index < -0.39 is 35.1 Å². The average molecular weight is 807 g/mol. The van der Waals surface area contributed by atoms with Gasteiger partial charge in [0.2, 0.25) is 0 Å². The first-order chi connectivity index (χ1) is 27.9. The van der Waals surface area contributed by atoms with Crippen LogP contribution in [0.15, 0.2) is 48.5 Å². The Morgan fingerprint density at radius 3 is 1.07 bits per heavy atom. The standard InChI is InChI=1S/C48H70O10/c1-5-7-9-13-35-17-21-37(22-18-35)15-11-33-55-41-29-25-39(26-30-41)43(49)57-47(3,45(51)52)48(4,46(53)54)58-44(50)40-27-31-42(32-28-40)56-34-12-16-38-23-19-36(20-24-38)14-10-8-6-2/h25-32,35-38H,5-24,33-34H2,1-4H3,(H,51,52)(H,53,54)/t35?,36?,37?,38?,47-,48-/m0/s1. The zero-order valence-electron chi connectivity index (χ0n) is 35.6. The van der Waals surface area contributed by atoms with Crippen LogP contribution < -0.4 is 9.47 Å². The van der Waals surface area contributed by atoms with Crippen LogP contribution in [0.25, 0.3) is 0 Å². The Hall–Kier alpha value is -4.08. The van der Waals surface area contributed by atoms with Gasteiger partial charge in [0.25, 0.3) is 11.2 Å². The van der Waals surface area contributed by atoms with Gasteiger partial charge in [-0.15, -0.1) is 0 Å². The largest absolute Gasteiger partial charge is 0.494 e. The van der Waals surface area contributed by atoms with Crippen molar-refractivity contribution in [2.75, 3.05) is 13.2 Å². The summed E-state index contributed by atoms with van der Waals surface area (Å²) in [5.74, 6) is -1.46. The molecular formula is C48H70O10. The van der Waals surface area contributed by atoms with E-state index >= 15 is 0 Å². The van der Waals surface area contributed by atoms with Crippen LogP contribution in [0.1, 0.15) is 177 Å². The van der Waals surface area contributed by atoms with Gasteiger partial charge in [0, 0.05) is 0 Å². The van der Waals surface area contributed by atoms with Gasteiger partial charge in [0.15, 0.2) is 0 Å². The quantitative estimate of drug-likeness (QED) is 0.0734. The van der Waals surface area contributed by atoms with E-state index in [0.29, 0.717) is 24.7 Å². The van der Waals surface area contributed by atoms with Crippen LogP contribution in [0.2, 0.25) is 0 Å². The lowest BCUT2D eigenvalue weighted by Gasteiger charge is -2.38. The fourth-order valence-corrected chi connectivity index (χ4v) is 8.66. The maximum atomic E-state index is 13.3. The molecule has 2 N–H and O–H groups in total. The van der Waals surface area contributed by atoms with Gasteiger partial charge < -0.3 is 29.2 Å². The number of unbranched alkanes of at least 4 members (excludes halogenated alkanes) is 4. The third-order valence-electron chi connectivity index (χ3n) is 12.9. The molecular weight excluding hydrogens is 737 g/mol. The minimum absolute atomic E-state index is 0.0182. The molecule has 58 heavy (non-hydrogen) atoms. The predicted octanol–water partition coefficient (Wildman–Crippen LogP) is 11.5. The smallest absolute Gasteiger partial charge is 0.352 e. The van der Waals surface area contributed by atoms with Crippen LogP contribution >= 0.6 is 0 Å². The molecule has 2 aromatic carbocycles. The second-order valence-electron chi connectivity index (χ2n) is 17.3. The van der Waals surface area contributed by atoms with Crippen molar-refractivity contribution in [2.24, 2.45) is 23.7 Å². The van der Waals surface area contributed by atoms with Crippen LogP contribution in [-0.4, -0.2) is 58.5 Å². The van der Waals surface area contributed by atoms with Crippen molar-refractivity contribution in [2.45, 2.75) is 167 Å². The summed E-state index contributed by atoms with van der Waals surface area (Å²) in [5, 5.41) is 20.4. The molecule has 10 nitrogen and oxygen atoms in total. The van der Waals surface area contributed by atoms with E-state index in [1.807, 2.05) is 0 Å². The summed E-state index contributed by atoms with van der Waals surface area (Å²) in [6.45, 7) is 7.38. The number of carbonyl (C=O) groups excluding carboxylic acids is 2. The summed E-state index contributed by atoms with van der Waals surface area (Å²) < 4.78 is 22.6. The molecule has 0 aromatic heterocycles. The Morgan fingerprint density at radius 2 is 0.793 bits per heavy atom. The van der Waals surface area contributed by atoms with Crippen molar-refractivity contribution < 1.29 is 48.3 Å². The van der Waals surface area contributed by atoms with Gasteiger partial charge in [-0.05, 0) is 112 Å². The van der Waals surface area contributed by atoms with Gasteiger partial charge in [0.1, 0.15) is 11.5 Å². The summed E-state index contributed by atoms with van der Waals surface area (Å²) in [6.07, 6.45) is 25.1. The molecule has 2 saturated carbocycles. The molecule has 2 aliphatic rings. The lowest BCUT2D eigenvalue weighted by Crippen LogP contribution is -2.64. The monoisotopic (exact) mass is 806 g/mol. The molecule has 0 unspecified atom stereocenters. The molecule has 10 heteroatoms. The summed E-state index contributed by atoms with van der Waals surface area (Å²) in [7, 11) is 0. The van der Waals surface area contributed by atoms with E-state index in [9.17, 15) is 29.4 Å². The van der Waals surface area contributed by atoms with E-state index in [-0.39, 0.29) is 11.1 Å². The first-order valence-corrected chi connectivity index (χ1v) is 22.3. The summed E-state index contributed by atoms with van der Waals surface area (Å²) in [4.78, 5) is 51.7. The molecule has 0 saturated heterocycles. The number of benzene rings is 2. The first-order valence-electron chi connectivity index (χ1n) is 22.3.